The molecule has 0 amide bonds. The molecule has 5 heteroatoms. The maximum absolute atomic E-state index is 5.88. The Morgan fingerprint density at radius 2 is 2.07 bits per heavy atom. The molecule has 0 radical (unpaired) electrons. The van der Waals surface area contributed by atoms with Crippen molar-refractivity contribution in [2.24, 2.45) is 0 Å². The fraction of sp³-hybridized carbons (Fsp3) is 0.200. The Bertz CT molecular complexity index is 528. The molecule has 15 heavy (non-hydrogen) atoms. The monoisotopic (exact) mass is 223 g/mol. The van der Waals surface area contributed by atoms with Crippen LogP contribution in [0.5, 0.6) is 5.75 Å². The number of nitrogen functional groups attached to an aromatic ring is 1. The molecule has 2 aromatic rings. The highest BCUT2D eigenvalue weighted by Crippen LogP contribution is 2.29. The van der Waals surface area contributed by atoms with Gasteiger partial charge in [0.1, 0.15) is 17.0 Å². The molecule has 0 aliphatic heterocycles. The Labute approximate surface area is 92.0 Å². The Kier molecular flexibility index (Phi) is 2.36. The number of fused-ring (bicyclic) bond motifs is 1. The Balaban J connectivity index is 2.81. The van der Waals surface area contributed by atoms with E-state index in [1.807, 2.05) is 0 Å². The maximum Gasteiger partial charge on any atom is 0.150 e. The van der Waals surface area contributed by atoms with Crippen LogP contribution in [-0.4, -0.2) is 17.1 Å². The number of nitrogens with zero attached hydrogens (tertiary/aromatic N) is 2. The minimum atomic E-state index is 0.395. The van der Waals surface area contributed by atoms with E-state index in [-0.39, 0.29) is 0 Å². The van der Waals surface area contributed by atoms with Crippen molar-refractivity contribution < 1.29 is 4.74 Å². The Morgan fingerprint density at radius 1 is 1.33 bits per heavy atom. The van der Waals surface area contributed by atoms with Crippen LogP contribution >= 0.6 is 11.6 Å². The van der Waals surface area contributed by atoms with Gasteiger partial charge in [-0.1, -0.05) is 11.6 Å². The van der Waals surface area contributed by atoms with Gasteiger partial charge in [-0.3, -0.25) is 0 Å². The lowest BCUT2D eigenvalue weighted by molar-refractivity contribution is 0.417. The summed E-state index contributed by atoms with van der Waals surface area (Å²) in [6.45, 7) is 1.79. The molecule has 78 valence electrons. The van der Waals surface area contributed by atoms with E-state index in [0.29, 0.717) is 33.3 Å². The molecular weight excluding hydrogens is 214 g/mol. The Hall–Kier alpha value is -1.55. The molecule has 0 bridgehead atoms. The summed E-state index contributed by atoms with van der Waals surface area (Å²) in [5, 5.41) is 0.395. The lowest BCUT2D eigenvalue weighted by Gasteiger charge is -2.07. The van der Waals surface area contributed by atoms with Gasteiger partial charge in [-0.05, 0) is 19.1 Å². The summed E-state index contributed by atoms with van der Waals surface area (Å²) in [6, 6.07) is 3.53. The smallest absolute Gasteiger partial charge is 0.150 e. The SMILES string of the molecule is COc1ccc2nc(Cl)c(C)nc2c1N. The van der Waals surface area contributed by atoms with E-state index in [2.05, 4.69) is 9.97 Å². The third kappa shape index (κ3) is 1.57. The summed E-state index contributed by atoms with van der Waals surface area (Å²) in [7, 11) is 1.56. The van der Waals surface area contributed by atoms with E-state index in [0.717, 1.165) is 0 Å². The topological polar surface area (TPSA) is 61.0 Å². The molecule has 2 N–H and O–H groups in total. The highest BCUT2D eigenvalue weighted by Gasteiger charge is 2.09. The minimum absolute atomic E-state index is 0.395. The molecule has 2 rings (SSSR count). The van der Waals surface area contributed by atoms with Crippen LogP contribution < -0.4 is 10.5 Å². The van der Waals surface area contributed by atoms with Gasteiger partial charge in [-0.25, -0.2) is 9.97 Å². The largest absolute Gasteiger partial charge is 0.495 e. The third-order valence-corrected chi connectivity index (χ3v) is 2.53. The molecule has 0 atom stereocenters. The van der Waals surface area contributed by atoms with E-state index in [9.17, 15) is 0 Å². The average molecular weight is 224 g/mol. The number of aromatic nitrogens is 2. The van der Waals surface area contributed by atoms with Crippen molar-refractivity contribution in [3.05, 3.63) is 23.0 Å². The standard InChI is InChI=1S/C10H10ClN3O/c1-5-10(11)14-6-3-4-7(15-2)8(12)9(6)13-5/h3-4H,12H2,1-2H3. The molecule has 0 aliphatic rings. The van der Waals surface area contributed by atoms with Gasteiger partial charge in [0.05, 0.1) is 18.3 Å². The van der Waals surface area contributed by atoms with E-state index >= 15 is 0 Å². The van der Waals surface area contributed by atoms with Crippen molar-refractivity contribution in [2.75, 3.05) is 12.8 Å². The number of benzene rings is 1. The number of hydrogen-bond acceptors (Lipinski definition) is 4. The predicted molar refractivity (Wildman–Crippen MR) is 60.2 cm³/mol. The van der Waals surface area contributed by atoms with Gasteiger partial charge >= 0.3 is 0 Å². The molecule has 0 fully saturated rings. The fourth-order valence-corrected chi connectivity index (χ4v) is 1.50. The average Bonchev–Trinajstić information content (AvgIpc) is 2.22. The molecule has 1 aromatic heterocycles. The zero-order chi connectivity index (χ0) is 11.0. The normalized spacial score (nSPS) is 10.6. The van der Waals surface area contributed by atoms with Crippen molar-refractivity contribution in [3.63, 3.8) is 0 Å². The van der Waals surface area contributed by atoms with Gasteiger partial charge in [0, 0.05) is 0 Å². The number of nitrogens with two attached hydrogens (primary N) is 1. The van der Waals surface area contributed by atoms with Crippen LogP contribution in [0.15, 0.2) is 12.1 Å². The molecule has 1 aromatic carbocycles. The first-order valence-corrected chi connectivity index (χ1v) is 4.77. The molecular formula is C10H10ClN3O. The van der Waals surface area contributed by atoms with E-state index in [4.69, 9.17) is 22.1 Å². The van der Waals surface area contributed by atoms with Crippen LogP contribution in [0.1, 0.15) is 5.69 Å². The quantitative estimate of drug-likeness (QED) is 0.753. The van der Waals surface area contributed by atoms with Gasteiger partial charge in [-0.15, -0.1) is 0 Å². The fourth-order valence-electron chi connectivity index (χ4n) is 1.36. The second-order valence-electron chi connectivity index (χ2n) is 3.15. The first kappa shape index (κ1) is 9.98. The first-order valence-electron chi connectivity index (χ1n) is 4.40. The first-order chi connectivity index (χ1) is 7.13. The lowest BCUT2D eigenvalue weighted by atomic mass is 10.2. The number of anilines is 1. The minimum Gasteiger partial charge on any atom is -0.495 e. The second-order valence-corrected chi connectivity index (χ2v) is 3.51. The molecule has 0 saturated heterocycles. The number of rotatable bonds is 1. The van der Waals surface area contributed by atoms with E-state index < -0.39 is 0 Å². The van der Waals surface area contributed by atoms with Crippen LogP contribution in [0, 0.1) is 6.92 Å². The zero-order valence-corrected chi connectivity index (χ0v) is 9.17. The number of ether oxygens (including phenoxy) is 1. The molecule has 0 aliphatic carbocycles. The van der Waals surface area contributed by atoms with Crippen LogP contribution in [0.3, 0.4) is 0 Å². The van der Waals surface area contributed by atoms with Crippen molar-refractivity contribution >= 4 is 28.3 Å². The van der Waals surface area contributed by atoms with Crippen LogP contribution in [0.4, 0.5) is 5.69 Å². The van der Waals surface area contributed by atoms with Gasteiger partial charge in [0.15, 0.2) is 5.15 Å². The third-order valence-electron chi connectivity index (χ3n) is 2.17. The number of methoxy groups -OCH3 is 1. The predicted octanol–water partition coefficient (Wildman–Crippen LogP) is 2.18. The summed E-state index contributed by atoms with van der Waals surface area (Å²) in [4.78, 5) is 8.46. The van der Waals surface area contributed by atoms with Crippen molar-refractivity contribution in [1.82, 2.24) is 9.97 Å². The lowest BCUT2D eigenvalue weighted by Crippen LogP contribution is -1.98. The van der Waals surface area contributed by atoms with Gasteiger partial charge in [-0.2, -0.15) is 0 Å². The van der Waals surface area contributed by atoms with E-state index in [1.165, 1.54) is 0 Å². The molecule has 4 nitrogen and oxygen atoms in total. The number of hydrogen-bond donors (Lipinski definition) is 1. The van der Waals surface area contributed by atoms with Crippen molar-refractivity contribution in [2.45, 2.75) is 6.92 Å². The molecule has 1 heterocycles. The van der Waals surface area contributed by atoms with Crippen LogP contribution in [0.25, 0.3) is 11.0 Å². The maximum atomic E-state index is 5.88. The molecule has 0 spiro atoms. The number of halogens is 1. The van der Waals surface area contributed by atoms with Crippen LogP contribution in [0.2, 0.25) is 5.15 Å². The van der Waals surface area contributed by atoms with Crippen molar-refractivity contribution in [3.8, 4) is 5.75 Å². The molecule has 0 saturated carbocycles. The number of aryl methyl sites for hydroxylation is 1. The van der Waals surface area contributed by atoms with Crippen LogP contribution in [-0.2, 0) is 0 Å². The van der Waals surface area contributed by atoms with Gasteiger partial charge < -0.3 is 10.5 Å². The van der Waals surface area contributed by atoms with E-state index in [1.54, 1.807) is 26.2 Å². The summed E-state index contributed by atoms with van der Waals surface area (Å²) in [5.41, 5.74) is 8.31. The van der Waals surface area contributed by atoms with Gasteiger partial charge in [0.25, 0.3) is 0 Å². The summed E-state index contributed by atoms with van der Waals surface area (Å²) in [6.07, 6.45) is 0. The Morgan fingerprint density at radius 3 is 2.73 bits per heavy atom. The summed E-state index contributed by atoms with van der Waals surface area (Å²) < 4.78 is 5.10. The zero-order valence-electron chi connectivity index (χ0n) is 8.41. The highest BCUT2D eigenvalue weighted by atomic mass is 35.5. The summed E-state index contributed by atoms with van der Waals surface area (Å²) in [5.74, 6) is 0.596. The molecule has 0 unspecified atom stereocenters. The highest BCUT2D eigenvalue weighted by molar-refractivity contribution is 6.30. The van der Waals surface area contributed by atoms with Gasteiger partial charge in [0.2, 0.25) is 0 Å². The van der Waals surface area contributed by atoms with Crippen molar-refractivity contribution in [1.29, 1.82) is 0 Å². The summed E-state index contributed by atoms with van der Waals surface area (Å²) >= 11 is 5.87. The second kappa shape index (κ2) is 3.55.